The van der Waals surface area contributed by atoms with Crippen LogP contribution in [0.3, 0.4) is 0 Å². The Balaban J connectivity index is 2.56. The summed E-state index contributed by atoms with van der Waals surface area (Å²) in [4.78, 5) is 3.62. The highest BCUT2D eigenvalue weighted by molar-refractivity contribution is 9.10. The van der Waals surface area contributed by atoms with E-state index in [-0.39, 0.29) is 10.6 Å². The predicted octanol–water partition coefficient (Wildman–Crippen LogP) is 2.12. The van der Waals surface area contributed by atoms with E-state index in [1.807, 2.05) is 0 Å². The van der Waals surface area contributed by atoms with Gasteiger partial charge in [-0.2, -0.15) is 5.26 Å². The molecule has 21 heavy (non-hydrogen) atoms. The van der Waals surface area contributed by atoms with Gasteiger partial charge in [-0.05, 0) is 30.3 Å². The number of pyridine rings is 1. The van der Waals surface area contributed by atoms with Crippen LogP contribution in [0.4, 0.5) is 11.4 Å². The summed E-state index contributed by atoms with van der Waals surface area (Å²) in [6, 6.07) is 9.46. The van der Waals surface area contributed by atoms with Crippen molar-refractivity contribution in [2.75, 3.05) is 17.1 Å². The number of hydrogen-bond donors (Lipinski definition) is 1. The molecule has 2 rings (SSSR count). The van der Waals surface area contributed by atoms with Crippen LogP contribution in [0, 0.1) is 11.3 Å². The number of nitrogens with two attached hydrogens (primary N) is 1. The SMILES string of the molecule is CN(c1ccc(Br)cc1N)S(=O)(=O)c1cccnc1C#N. The first-order valence-corrected chi connectivity index (χ1v) is 8.00. The first-order valence-electron chi connectivity index (χ1n) is 5.77. The molecule has 0 saturated heterocycles. The summed E-state index contributed by atoms with van der Waals surface area (Å²) in [6.45, 7) is 0. The van der Waals surface area contributed by atoms with E-state index in [0.29, 0.717) is 11.4 Å². The fourth-order valence-electron chi connectivity index (χ4n) is 1.77. The van der Waals surface area contributed by atoms with Gasteiger partial charge in [-0.15, -0.1) is 0 Å². The van der Waals surface area contributed by atoms with E-state index >= 15 is 0 Å². The molecule has 0 aliphatic rings. The van der Waals surface area contributed by atoms with Gasteiger partial charge in [0, 0.05) is 17.7 Å². The summed E-state index contributed by atoms with van der Waals surface area (Å²) in [7, 11) is -2.54. The Labute approximate surface area is 131 Å². The largest absolute Gasteiger partial charge is 0.397 e. The fraction of sp³-hybridized carbons (Fsp3) is 0.0769. The lowest BCUT2D eigenvalue weighted by molar-refractivity contribution is 0.593. The Hall–Kier alpha value is -2.11. The van der Waals surface area contributed by atoms with E-state index in [0.717, 1.165) is 8.78 Å². The first-order chi connectivity index (χ1) is 9.87. The van der Waals surface area contributed by atoms with Crippen molar-refractivity contribution in [2.45, 2.75) is 4.90 Å². The predicted molar refractivity (Wildman–Crippen MR) is 83.1 cm³/mol. The van der Waals surface area contributed by atoms with Crippen LogP contribution < -0.4 is 10.0 Å². The summed E-state index contributed by atoms with van der Waals surface area (Å²) in [5, 5.41) is 9.00. The maximum Gasteiger partial charge on any atom is 0.267 e. The van der Waals surface area contributed by atoms with E-state index in [4.69, 9.17) is 11.0 Å². The number of benzene rings is 1. The molecule has 0 unspecified atom stereocenters. The molecule has 0 bridgehead atoms. The summed E-state index contributed by atoms with van der Waals surface area (Å²) < 4.78 is 27.0. The third-order valence-electron chi connectivity index (χ3n) is 2.84. The first kappa shape index (κ1) is 15.3. The van der Waals surface area contributed by atoms with Crippen molar-refractivity contribution < 1.29 is 8.42 Å². The highest BCUT2D eigenvalue weighted by atomic mass is 79.9. The van der Waals surface area contributed by atoms with Crippen LogP contribution in [-0.2, 0) is 10.0 Å². The average molecular weight is 367 g/mol. The molecule has 2 N–H and O–H groups in total. The number of nitriles is 1. The number of anilines is 2. The number of nitrogens with zero attached hydrogens (tertiary/aromatic N) is 3. The molecule has 0 atom stereocenters. The van der Waals surface area contributed by atoms with Crippen LogP contribution in [0.1, 0.15) is 5.69 Å². The Morgan fingerprint density at radius 2 is 2.10 bits per heavy atom. The quantitative estimate of drug-likeness (QED) is 0.838. The number of nitrogen functional groups attached to an aromatic ring is 1. The Bertz CT molecular complexity index is 830. The molecule has 1 aromatic heterocycles. The smallest absolute Gasteiger partial charge is 0.267 e. The second kappa shape index (κ2) is 5.71. The van der Waals surface area contributed by atoms with Crippen LogP contribution in [0.15, 0.2) is 45.9 Å². The van der Waals surface area contributed by atoms with Crippen molar-refractivity contribution >= 4 is 37.3 Å². The number of rotatable bonds is 3. The van der Waals surface area contributed by atoms with Crippen LogP contribution in [0.25, 0.3) is 0 Å². The second-order valence-corrected chi connectivity index (χ2v) is 6.99. The minimum absolute atomic E-state index is 0.153. The van der Waals surface area contributed by atoms with Gasteiger partial charge < -0.3 is 5.73 Å². The molecule has 0 aliphatic carbocycles. The van der Waals surface area contributed by atoms with Crippen LogP contribution in [0.2, 0.25) is 0 Å². The lowest BCUT2D eigenvalue weighted by Gasteiger charge is -2.21. The Kier molecular flexibility index (Phi) is 4.16. The zero-order chi connectivity index (χ0) is 15.6. The normalized spacial score (nSPS) is 10.9. The molecule has 0 amide bonds. The van der Waals surface area contributed by atoms with Gasteiger partial charge in [-0.1, -0.05) is 15.9 Å². The molecule has 0 saturated carbocycles. The van der Waals surface area contributed by atoms with Crippen molar-refractivity contribution in [1.82, 2.24) is 4.98 Å². The topological polar surface area (TPSA) is 100 Å². The molecule has 8 heteroatoms. The molecule has 0 radical (unpaired) electrons. The minimum atomic E-state index is -3.92. The molecule has 0 spiro atoms. The van der Waals surface area contributed by atoms with Crippen LogP contribution in [-0.4, -0.2) is 20.4 Å². The highest BCUT2D eigenvalue weighted by Gasteiger charge is 2.26. The minimum Gasteiger partial charge on any atom is -0.397 e. The summed E-state index contributed by atoms with van der Waals surface area (Å²) in [5.41, 5.74) is 6.33. The van der Waals surface area contributed by atoms with Gasteiger partial charge in [0.2, 0.25) is 0 Å². The number of halogens is 1. The number of aromatic nitrogens is 1. The maximum atomic E-state index is 12.6. The van der Waals surface area contributed by atoms with Gasteiger partial charge in [0.15, 0.2) is 5.69 Å². The van der Waals surface area contributed by atoms with Gasteiger partial charge in [0.1, 0.15) is 11.0 Å². The van der Waals surface area contributed by atoms with Gasteiger partial charge in [0.05, 0.1) is 11.4 Å². The third-order valence-corrected chi connectivity index (χ3v) is 5.14. The molecule has 2 aromatic rings. The molecule has 1 heterocycles. The number of sulfonamides is 1. The lowest BCUT2D eigenvalue weighted by Crippen LogP contribution is -2.28. The zero-order valence-corrected chi connectivity index (χ0v) is 13.4. The monoisotopic (exact) mass is 366 g/mol. The average Bonchev–Trinajstić information content (AvgIpc) is 2.46. The van der Waals surface area contributed by atoms with Crippen molar-refractivity contribution in [3.05, 3.63) is 46.7 Å². The lowest BCUT2D eigenvalue weighted by atomic mass is 10.3. The van der Waals surface area contributed by atoms with E-state index in [1.165, 1.54) is 25.4 Å². The molecule has 108 valence electrons. The molecule has 0 fully saturated rings. The Morgan fingerprint density at radius 1 is 1.38 bits per heavy atom. The van der Waals surface area contributed by atoms with Crippen molar-refractivity contribution in [1.29, 1.82) is 5.26 Å². The maximum absolute atomic E-state index is 12.6. The van der Waals surface area contributed by atoms with Gasteiger partial charge >= 0.3 is 0 Å². The molecular weight excluding hydrogens is 356 g/mol. The van der Waals surface area contributed by atoms with Gasteiger partial charge in [0.25, 0.3) is 10.0 Å². The summed E-state index contributed by atoms with van der Waals surface area (Å²) >= 11 is 3.26. The zero-order valence-electron chi connectivity index (χ0n) is 11.0. The molecule has 0 aliphatic heterocycles. The van der Waals surface area contributed by atoms with Crippen molar-refractivity contribution in [2.24, 2.45) is 0 Å². The van der Waals surface area contributed by atoms with Crippen molar-refractivity contribution in [3.8, 4) is 6.07 Å². The van der Waals surface area contributed by atoms with Crippen LogP contribution in [0.5, 0.6) is 0 Å². The standard InChI is InChI=1S/C13H11BrN4O2S/c1-18(12-5-4-9(14)7-10(12)16)21(19,20)13-3-2-6-17-11(13)8-15/h2-7H,16H2,1H3. The van der Waals surface area contributed by atoms with E-state index in [9.17, 15) is 8.42 Å². The molecule has 1 aromatic carbocycles. The van der Waals surface area contributed by atoms with E-state index < -0.39 is 10.0 Å². The van der Waals surface area contributed by atoms with Crippen LogP contribution >= 0.6 is 15.9 Å². The third kappa shape index (κ3) is 2.84. The summed E-state index contributed by atoms with van der Waals surface area (Å²) in [6.07, 6.45) is 1.37. The summed E-state index contributed by atoms with van der Waals surface area (Å²) in [5.74, 6) is 0. The number of hydrogen-bond acceptors (Lipinski definition) is 5. The van der Waals surface area contributed by atoms with E-state index in [1.54, 1.807) is 24.3 Å². The Morgan fingerprint density at radius 3 is 2.71 bits per heavy atom. The molecule has 6 nitrogen and oxygen atoms in total. The highest BCUT2D eigenvalue weighted by Crippen LogP contribution is 2.30. The molecular formula is C13H11BrN4O2S. The van der Waals surface area contributed by atoms with Crippen molar-refractivity contribution in [3.63, 3.8) is 0 Å². The second-order valence-electron chi connectivity index (χ2n) is 4.14. The van der Waals surface area contributed by atoms with E-state index in [2.05, 4.69) is 20.9 Å². The van der Waals surface area contributed by atoms with Gasteiger partial charge in [-0.25, -0.2) is 13.4 Å². The van der Waals surface area contributed by atoms with Gasteiger partial charge in [-0.3, -0.25) is 4.31 Å². The fourth-order valence-corrected chi connectivity index (χ4v) is 3.46.